The van der Waals surface area contributed by atoms with Crippen molar-refractivity contribution < 1.29 is 0 Å². The molecule has 0 aromatic heterocycles. The lowest BCUT2D eigenvalue weighted by molar-refractivity contribution is 0.295. The summed E-state index contributed by atoms with van der Waals surface area (Å²) in [5.41, 5.74) is 3.45. The third kappa shape index (κ3) is 1.24. The van der Waals surface area contributed by atoms with Crippen LogP contribution in [0.25, 0.3) is 0 Å². The van der Waals surface area contributed by atoms with E-state index in [1.165, 1.54) is 30.5 Å². The number of para-hydroxylation sites is 1. The van der Waals surface area contributed by atoms with Crippen molar-refractivity contribution in [2.24, 2.45) is 5.41 Å². The molecule has 2 bridgehead atoms. The lowest BCUT2D eigenvalue weighted by Crippen LogP contribution is -2.42. The van der Waals surface area contributed by atoms with Gasteiger partial charge in [0.25, 0.3) is 0 Å². The summed E-state index contributed by atoms with van der Waals surface area (Å²) in [4.78, 5) is 2.68. The number of aryl methyl sites for hydroxylation is 1. The Morgan fingerprint density at radius 2 is 2.06 bits per heavy atom. The first-order valence-electron chi connectivity index (χ1n) is 6.46. The first kappa shape index (κ1) is 10.2. The first-order valence-corrected chi connectivity index (χ1v) is 6.46. The topological polar surface area (TPSA) is 3.24 Å². The van der Waals surface area contributed by atoms with Crippen LogP contribution < -0.4 is 4.90 Å². The zero-order valence-electron chi connectivity index (χ0n) is 10.5. The van der Waals surface area contributed by atoms with Crippen LogP contribution in [0.4, 0.5) is 5.69 Å². The average Bonchev–Trinajstić information content (AvgIpc) is 2.74. The maximum absolute atomic E-state index is 2.68. The van der Waals surface area contributed by atoms with Crippen LogP contribution in [-0.2, 0) is 0 Å². The van der Waals surface area contributed by atoms with Gasteiger partial charge >= 0.3 is 0 Å². The molecule has 0 spiro atoms. The van der Waals surface area contributed by atoms with E-state index in [9.17, 15) is 0 Å². The zero-order valence-corrected chi connectivity index (χ0v) is 10.5. The quantitative estimate of drug-likeness (QED) is 0.689. The summed E-state index contributed by atoms with van der Waals surface area (Å²) in [6.07, 6.45) is 4.19. The molecule has 0 amide bonds. The van der Waals surface area contributed by atoms with Crippen LogP contribution in [0.15, 0.2) is 24.3 Å². The Labute approximate surface area is 98.5 Å². The van der Waals surface area contributed by atoms with Gasteiger partial charge in [0.1, 0.15) is 0 Å². The second-order valence-electron chi connectivity index (χ2n) is 5.92. The van der Waals surface area contributed by atoms with Gasteiger partial charge in [-0.25, -0.2) is 0 Å². The normalized spacial score (nSPS) is 37.1. The molecule has 2 fully saturated rings. The van der Waals surface area contributed by atoms with E-state index in [4.69, 9.17) is 0 Å². The molecular formula is C15H21N. The predicted molar refractivity (Wildman–Crippen MR) is 68.9 cm³/mol. The summed E-state index contributed by atoms with van der Waals surface area (Å²) in [6, 6.07) is 10.3. The molecule has 3 rings (SSSR count). The van der Waals surface area contributed by atoms with Crippen LogP contribution in [-0.4, -0.2) is 12.1 Å². The van der Waals surface area contributed by atoms with Crippen molar-refractivity contribution in [3.05, 3.63) is 29.8 Å². The number of fused-ring (bicyclic) bond motifs is 2. The number of anilines is 1. The van der Waals surface area contributed by atoms with E-state index in [0.717, 1.165) is 6.04 Å². The van der Waals surface area contributed by atoms with Crippen LogP contribution in [0, 0.1) is 12.3 Å². The highest BCUT2D eigenvalue weighted by Crippen LogP contribution is 2.53. The van der Waals surface area contributed by atoms with E-state index in [1.54, 1.807) is 0 Å². The molecule has 1 aliphatic carbocycles. The Balaban J connectivity index is 2.01. The summed E-state index contributed by atoms with van der Waals surface area (Å²) in [6.45, 7) is 7.11. The van der Waals surface area contributed by atoms with E-state index >= 15 is 0 Å². The van der Waals surface area contributed by atoms with E-state index in [2.05, 4.69) is 49.9 Å². The minimum atomic E-state index is 0.562. The number of hydrogen-bond acceptors (Lipinski definition) is 1. The van der Waals surface area contributed by atoms with Crippen LogP contribution in [0.3, 0.4) is 0 Å². The fraction of sp³-hybridized carbons (Fsp3) is 0.600. The fourth-order valence-corrected chi connectivity index (χ4v) is 3.77. The number of hydrogen-bond donors (Lipinski definition) is 0. The Bertz CT molecular complexity index is 412. The average molecular weight is 215 g/mol. The third-order valence-corrected chi connectivity index (χ3v) is 4.96. The largest absolute Gasteiger partial charge is 0.365 e. The molecule has 1 aliphatic heterocycles. The number of piperidine rings is 1. The van der Waals surface area contributed by atoms with Gasteiger partial charge in [-0.05, 0) is 50.2 Å². The van der Waals surface area contributed by atoms with Crippen molar-refractivity contribution in [1.82, 2.24) is 0 Å². The molecule has 0 radical (unpaired) electrons. The number of rotatable bonds is 1. The van der Waals surface area contributed by atoms with Gasteiger partial charge in [-0.2, -0.15) is 0 Å². The van der Waals surface area contributed by atoms with Crippen molar-refractivity contribution >= 4 is 5.69 Å². The van der Waals surface area contributed by atoms with Gasteiger partial charge in [0.05, 0.1) is 0 Å². The van der Waals surface area contributed by atoms with Gasteiger partial charge < -0.3 is 4.90 Å². The van der Waals surface area contributed by atoms with Crippen LogP contribution in [0.2, 0.25) is 0 Å². The molecule has 1 saturated heterocycles. The Morgan fingerprint density at radius 1 is 1.31 bits per heavy atom. The first-order chi connectivity index (χ1) is 7.62. The van der Waals surface area contributed by atoms with E-state index < -0.39 is 0 Å². The summed E-state index contributed by atoms with van der Waals surface area (Å²) in [5.74, 6) is 0. The highest BCUT2D eigenvalue weighted by Gasteiger charge is 2.51. The maximum Gasteiger partial charge on any atom is 0.0401 e. The minimum absolute atomic E-state index is 0.562. The minimum Gasteiger partial charge on any atom is -0.365 e. The Kier molecular flexibility index (Phi) is 2.07. The van der Waals surface area contributed by atoms with Crippen molar-refractivity contribution in [2.45, 2.75) is 52.1 Å². The van der Waals surface area contributed by atoms with Gasteiger partial charge in [0.2, 0.25) is 0 Å². The van der Waals surface area contributed by atoms with Crippen molar-refractivity contribution in [3.63, 3.8) is 0 Å². The molecule has 86 valence electrons. The van der Waals surface area contributed by atoms with E-state index in [1.807, 2.05) is 0 Å². The van der Waals surface area contributed by atoms with Crippen molar-refractivity contribution in [2.75, 3.05) is 4.90 Å². The molecule has 1 heterocycles. The van der Waals surface area contributed by atoms with Gasteiger partial charge in [-0.1, -0.05) is 25.1 Å². The van der Waals surface area contributed by atoms with Gasteiger partial charge in [0, 0.05) is 17.8 Å². The molecule has 1 aromatic carbocycles. The molecule has 0 N–H and O–H groups in total. The molecule has 1 heteroatoms. The van der Waals surface area contributed by atoms with Crippen LogP contribution >= 0.6 is 0 Å². The summed E-state index contributed by atoms with van der Waals surface area (Å²) in [7, 11) is 0. The van der Waals surface area contributed by atoms with Crippen molar-refractivity contribution in [1.29, 1.82) is 0 Å². The predicted octanol–water partition coefficient (Wildman–Crippen LogP) is 3.76. The van der Waals surface area contributed by atoms with Gasteiger partial charge in [-0.3, -0.25) is 0 Å². The summed E-state index contributed by atoms with van der Waals surface area (Å²) < 4.78 is 0. The van der Waals surface area contributed by atoms with E-state index in [-0.39, 0.29) is 0 Å². The third-order valence-electron chi connectivity index (χ3n) is 4.96. The Morgan fingerprint density at radius 3 is 2.69 bits per heavy atom. The second-order valence-corrected chi connectivity index (χ2v) is 5.92. The summed E-state index contributed by atoms with van der Waals surface area (Å²) >= 11 is 0. The highest BCUT2D eigenvalue weighted by molar-refractivity contribution is 5.56. The monoisotopic (exact) mass is 215 g/mol. The lowest BCUT2D eigenvalue weighted by atomic mass is 9.82. The molecule has 1 nitrogen and oxygen atoms in total. The highest BCUT2D eigenvalue weighted by atomic mass is 15.2. The van der Waals surface area contributed by atoms with Gasteiger partial charge in [0.15, 0.2) is 0 Å². The molecule has 16 heavy (non-hydrogen) atoms. The molecule has 2 unspecified atom stereocenters. The molecule has 2 aliphatic rings. The molecule has 3 atom stereocenters. The standard InChI is InChI=1S/C15H21N/c1-11-6-4-5-7-14(11)16-12(2)15(3)9-8-13(16)10-15/h4-7,12-13H,8-10H2,1-3H3/t12-,13?,15?/m0/s1. The lowest BCUT2D eigenvalue weighted by Gasteiger charge is -2.40. The number of benzene rings is 1. The summed E-state index contributed by atoms with van der Waals surface area (Å²) in [5, 5.41) is 0. The molecule has 1 aromatic rings. The van der Waals surface area contributed by atoms with Crippen LogP contribution in [0.1, 0.15) is 38.7 Å². The van der Waals surface area contributed by atoms with Crippen LogP contribution in [0.5, 0.6) is 0 Å². The molecular weight excluding hydrogens is 194 g/mol. The SMILES string of the molecule is Cc1ccccc1N1C2CCC(C)(C2)[C@@H]1C. The second kappa shape index (κ2) is 3.26. The molecule has 1 saturated carbocycles. The fourth-order valence-electron chi connectivity index (χ4n) is 3.77. The Hall–Kier alpha value is -0.980. The van der Waals surface area contributed by atoms with E-state index in [0.29, 0.717) is 11.5 Å². The van der Waals surface area contributed by atoms with Gasteiger partial charge in [-0.15, -0.1) is 0 Å². The smallest absolute Gasteiger partial charge is 0.0401 e. The number of nitrogens with zero attached hydrogens (tertiary/aromatic N) is 1. The maximum atomic E-state index is 2.68. The zero-order chi connectivity index (χ0) is 11.3. The van der Waals surface area contributed by atoms with Crippen molar-refractivity contribution in [3.8, 4) is 0 Å².